The second-order valence-corrected chi connectivity index (χ2v) is 6.57. The summed E-state index contributed by atoms with van der Waals surface area (Å²) in [5.74, 6) is 0.911. The fourth-order valence-corrected chi connectivity index (χ4v) is 5.84. The second kappa shape index (κ2) is 3.41. The molecule has 2 heteroatoms. The summed E-state index contributed by atoms with van der Waals surface area (Å²) in [6.07, 6.45) is 8.63. The highest BCUT2D eigenvalue weighted by molar-refractivity contribution is 7.58. The Bertz CT molecular complexity index is 116. The Labute approximate surface area is 69.9 Å². The van der Waals surface area contributed by atoms with Crippen LogP contribution in [0, 0.1) is 5.92 Å². The molecule has 64 valence electrons. The largest absolute Gasteiger partial charge is 0.396 e. The lowest BCUT2D eigenvalue weighted by molar-refractivity contribution is 0.241. The molecule has 2 bridgehead atoms. The number of rotatable bonds is 1. The Morgan fingerprint density at radius 1 is 1.18 bits per heavy atom. The van der Waals surface area contributed by atoms with Gasteiger partial charge in [0.25, 0.3) is 0 Å². The van der Waals surface area contributed by atoms with Crippen LogP contribution in [0.15, 0.2) is 0 Å². The lowest BCUT2D eigenvalue weighted by atomic mass is 9.93. The van der Waals surface area contributed by atoms with Crippen LogP contribution in [0.4, 0.5) is 0 Å². The molecule has 1 unspecified atom stereocenters. The Kier molecular flexibility index (Phi) is 2.48. The minimum atomic E-state index is 0.264. The van der Waals surface area contributed by atoms with Crippen LogP contribution in [0.2, 0.25) is 0 Å². The maximum atomic E-state index is 9.21. The lowest BCUT2D eigenvalue weighted by Gasteiger charge is -2.42. The van der Waals surface area contributed by atoms with Crippen molar-refractivity contribution < 1.29 is 5.11 Å². The summed E-state index contributed by atoms with van der Waals surface area (Å²) in [6, 6.07) is 0. The first-order valence-corrected chi connectivity index (χ1v) is 6.55. The van der Waals surface area contributed by atoms with Gasteiger partial charge >= 0.3 is 0 Å². The van der Waals surface area contributed by atoms with E-state index in [0.717, 1.165) is 11.6 Å². The zero-order valence-electron chi connectivity index (χ0n) is 7.00. The Morgan fingerprint density at radius 3 is 2.18 bits per heavy atom. The molecule has 0 amide bonds. The van der Waals surface area contributed by atoms with Gasteiger partial charge in [-0.1, -0.05) is 0 Å². The summed E-state index contributed by atoms with van der Waals surface area (Å²) < 4.78 is 0. The van der Waals surface area contributed by atoms with E-state index < -0.39 is 0 Å². The molecule has 1 nitrogen and oxygen atoms in total. The van der Waals surface area contributed by atoms with Gasteiger partial charge in [-0.25, -0.2) is 0 Å². The summed E-state index contributed by atoms with van der Waals surface area (Å²) in [5.41, 5.74) is 0.743. The fourth-order valence-electron chi connectivity index (χ4n) is 2.65. The molecule has 0 aromatic carbocycles. The monoisotopic (exact) mass is 172 g/mol. The molecule has 2 fully saturated rings. The minimum Gasteiger partial charge on any atom is -0.396 e. The van der Waals surface area contributed by atoms with Crippen LogP contribution in [-0.2, 0) is 0 Å². The third-order valence-electron chi connectivity index (χ3n) is 3.24. The van der Waals surface area contributed by atoms with Crippen LogP contribution in [0.5, 0.6) is 0 Å². The first kappa shape index (κ1) is 8.01. The SMILES string of the molecule is OCC1C2CCCP1CCC2. The second-order valence-electron chi connectivity index (χ2n) is 3.83. The van der Waals surface area contributed by atoms with Crippen LogP contribution in [-0.4, -0.2) is 29.7 Å². The van der Waals surface area contributed by atoms with Crippen molar-refractivity contribution in [1.29, 1.82) is 0 Å². The molecular formula is C9H17OP. The summed E-state index contributed by atoms with van der Waals surface area (Å²) in [4.78, 5) is 0. The third-order valence-corrected chi connectivity index (χ3v) is 6.54. The summed E-state index contributed by atoms with van der Waals surface area (Å²) in [5, 5.41) is 9.21. The summed E-state index contributed by atoms with van der Waals surface area (Å²) in [7, 11) is 0.264. The van der Waals surface area contributed by atoms with Crippen LogP contribution in [0.25, 0.3) is 0 Å². The van der Waals surface area contributed by atoms with Crippen molar-refractivity contribution in [3.63, 3.8) is 0 Å². The molecule has 2 heterocycles. The molecule has 0 aromatic heterocycles. The van der Waals surface area contributed by atoms with Crippen molar-refractivity contribution in [2.24, 2.45) is 5.92 Å². The van der Waals surface area contributed by atoms with Crippen molar-refractivity contribution in [1.82, 2.24) is 0 Å². The average molecular weight is 172 g/mol. The van der Waals surface area contributed by atoms with E-state index in [9.17, 15) is 5.11 Å². The van der Waals surface area contributed by atoms with E-state index in [-0.39, 0.29) is 7.92 Å². The smallest absolute Gasteiger partial charge is 0.0501 e. The zero-order chi connectivity index (χ0) is 7.68. The molecule has 2 aliphatic rings. The zero-order valence-corrected chi connectivity index (χ0v) is 7.89. The molecule has 0 spiro atoms. The molecule has 0 radical (unpaired) electrons. The van der Waals surface area contributed by atoms with Gasteiger partial charge in [0.1, 0.15) is 0 Å². The van der Waals surface area contributed by atoms with Crippen LogP contribution < -0.4 is 0 Å². The number of hydrogen-bond acceptors (Lipinski definition) is 1. The molecular weight excluding hydrogens is 155 g/mol. The average Bonchev–Trinajstić information content (AvgIpc) is 2.03. The van der Waals surface area contributed by atoms with Crippen molar-refractivity contribution in [3.8, 4) is 0 Å². The summed E-state index contributed by atoms with van der Waals surface area (Å²) in [6.45, 7) is 0.483. The van der Waals surface area contributed by atoms with Crippen molar-refractivity contribution in [3.05, 3.63) is 0 Å². The van der Waals surface area contributed by atoms with Crippen LogP contribution in [0.1, 0.15) is 25.7 Å². The van der Waals surface area contributed by atoms with Crippen molar-refractivity contribution >= 4 is 7.92 Å². The molecule has 1 atom stereocenters. The minimum absolute atomic E-state index is 0.264. The van der Waals surface area contributed by atoms with Gasteiger partial charge in [0.2, 0.25) is 0 Å². The number of hydrogen-bond donors (Lipinski definition) is 1. The van der Waals surface area contributed by atoms with E-state index in [0.29, 0.717) is 6.61 Å². The first-order chi connectivity index (χ1) is 5.42. The van der Waals surface area contributed by atoms with Gasteiger partial charge < -0.3 is 5.11 Å². The molecule has 0 saturated carbocycles. The molecule has 1 N–H and O–H groups in total. The van der Waals surface area contributed by atoms with Gasteiger partial charge in [0.05, 0.1) is 6.61 Å². The highest BCUT2D eigenvalue weighted by atomic mass is 31.1. The van der Waals surface area contributed by atoms with Crippen LogP contribution in [0.3, 0.4) is 0 Å². The fraction of sp³-hybridized carbons (Fsp3) is 1.00. The van der Waals surface area contributed by atoms with E-state index in [4.69, 9.17) is 0 Å². The highest BCUT2D eigenvalue weighted by Crippen LogP contribution is 2.55. The van der Waals surface area contributed by atoms with E-state index in [1.54, 1.807) is 0 Å². The first-order valence-electron chi connectivity index (χ1n) is 4.76. The lowest BCUT2D eigenvalue weighted by Crippen LogP contribution is -2.32. The highest BCUT2D eigenvalue weighted by Gasteiger charge is 2.34. The standard InChI is InChI=1S/C9H17OP/c10-7-9-8-3-1-5-11(9)6-2-4-8/h8-10H,1-7H2. The van der Waals surface area contributed by atoms with Gasteiger partial charge in [-0.05, 0) is 43.9 Å². The topological polar surface area (TPSA) is 20.2 Å². The van der Waals surface area contributed by atoms with Gasteiger partial charge in [-0.15, -0.1) is 7.92 Å². The maximum absolute atomic E-state index is 9.21. The van der Waals surface area contributed by atoms with Gasteiger partial charge in [0.15, 0.2) is 0 Å². The Morgan fingerprint density at radius 2 is 1.82 bits per heavy atom. The predicted octanol–water partition coefficient (Wildman–Crippen LogP) is 2.03. The normalized spacial score (nSPS) is 43.9. The molecule has 11 heavy (non-hydrogen) atoms. The predicted molar refractivity (Wildman–Crippen MR) is 49.5 cm³/mol. The Hall–Kier alpha value is 0.390. The quantitative estimate of drug-likeness (QED) is 0.600. The molecule has 0 aliphatic carbocycles. The molecule has 2 aliphatic heterocycles. The van der Waals surface area contributed by atoms with Gasteiger partial charge in [-0.3, -0.25) is 0 Å². The van der Waals surface area contributed by atoms with E-state index in [1.165, 1.54) is 38.0 Å². The third kappa shape index (κ3) is 1.46. The van der Waals surface area contributed by atoms with Crippen LogP contribution >= 0.6 is 7.92 Å². The van der Waals surface area contributed by atoms with E-state index in [1.807, 2.05) is 0 Å². The number of fused-ring (bicyclic) bond motifs is 2. The van der Waals surface area contributed by atoms with Crippen molar-refractivity contribution in [2.45, 2.75) is 31.3 Å². The maximum Gasteiger partial charge on any atom is 0.0501 e. The van der Waals surface area contributed by atoms with E-state index >= 15 is 0 Å². The number of aliphatic hydroxyl groups excluding tert-OH is 1. The number of aliphatic hydroxyl groups is 1. The summed E-state index contributed by atoms with van der Waals surface area (Å²) >= 11 is 0. The molecule has 2 rings (SSSR count). The van der Waals surface area contributed by atoms with Crippen molar-refractivity contribution in [2.75, 3.05) is 18.9 Å². The van der Waals surface area contributed by atoms with Gasteiger partial charge in [0, 0.05) is 5.66 Å². The molecule has 0 aromatic rings. The van der Waals surface area contributed by atoms with E-state index in [2.05, 4.69) is 0 Å². The Balaban J connectivity index is 2.04. The molecule has 2 saturated heterocycles. The van der Waals surface area contributed by atoms with Gasteiger partial charge in [-0.2, -0.15) is 0 Å².